The Morgan fingerprint density at radius 2 is 1.71 bits per heavy atom. The van der Waals surface area contributed by atoms with Gasteiger partial charge in [0, 0.05) is 22.3 Å². The van der Waals surface area contributed by atoms with Crippen LogP contribution in [0.3, 0.4) is 0 Å². The third kappa shape index (κ3) is 5.38. The number of hydrogen-bond acceptors (Lipinski definition) is 3. The Bertz CT molecular complexity index is 747. The molecule has 2 aromatic rings. The number of nitrogens with one attached hydrogen (secondary N) is 2. The Labute approximate surface area is 149 Å². The summed E-state index contributed by atoms with van der Waals surface area (Å²) in [5.74, 6) is 0.320. The molecule has 0 saturated carbocycles. The molecule has 2 N–H and O–H groups in total. The SMILES string of the molecule is CCC(=O)Nc1cccc(NC(=O)COc2ccc(Br)cc2C)c1. The predicted octanol–water partition coefficient (Wildman–Crippen LogP) is 4.12. The van der Waals surface area contributed by atoms with E-state index in [1.807, 2.05) is 25.1 Å². The van der Waals surface area contributed by atoms with Gasteiger partial charge in [-0.05, 0) is 48.9 Å². The smallest absolute Gasteiger partial charge is 0.262 e. The highest BCUT2D eigenvalue weighted by Gasteiger charge is 2.07. The summed E-state index contributed by atoms with van der Waals surface area (Å²) in [5.41, 5.74) is 2.19. The van der Waals surface area contributed by atoms with E-state index in [-0.39, 0.29) is 18.4 Å². The van der Waals surface area contributed by atoms with Crippen LogP contribution in [0.5, 0.6) is 5.75 Å². The van der Waals surface area contributed by atoms with E-state index in [1.165, 1.54) is 0 Å². The standard InChI is InChI=1S/C18H19BrN2O3/c1-3-17(22)20-14-5-4-6-15(10-14)21-18(23)11-24-16-8-7-13(19)9-12(16)2/h4-10H,3,11H2,1-2H3,(H,20,22)(H,21,23). The fourth-order valence-corrected chi connectivity index (χ4v) is 2.51. The van der Waals surface area contributed by atoms with Crippen LogP contribution in [-0.2, 0) is 9.59 Å². The quantitative estimate of drug-likeness (QED) is 0.779. The lowest BCUT2D eigenvalue weighted by molar-refractivity contribution is -0.118. The first-order valence-electron chi connectivity index (χ1n) is 7.56. The van der Waals surface area contributed by atoms with Crippen molar-refractivity contribution in [1.29, 1.82) is 0 Å². The van der Waals surface area contributed by atoms with E-state index in [2.05, 4.69) is 26.6 Å². The molecule has 0 aromatic heterocycles. The summed E-state index contributed by atoms with van der Waals surface area (Å²) in [6, 6.07) is 12.6. The van der Waals surface area contributed by atoms with Gasteiger partial charge in [0.2, 0.25) is 5.91 Å². The van der Waals surface area contributed by atoms with E-state index in [1.54, 1.807) is 31.2 Å². The molecule has 0 aliphatic rings. The van der Waals surface area contributed by atoms with Crippen molar-refractivity contribution in [2.24, 2.45) is 0 Å². The van der Waals surface area contributed by atoms with Gasteiger partial charge in [0.1, 0.15) is 5.75 Å². The number of carbonyl (C=O) groups is 2. The molecule has 6 heteroatoms. The Hall–Kier alpha value is -2.34. The van der Waals surface area contributed by atoms with Gasteiger partial charge < -0.3 is 15.4 Å². The maximum atomic E-state index is 12.0. The van der Waals surface area contributed by atoms with Gasteiger partial charge in [-0.25, -0.2) is 0 Å². The van der Waals surface area contributed by atoms with Crippen LogP contribution in [0, 0.1) is 6.92 Å². The van der Waals surface area contributed by atoms with Crippen molar-refractivity contribution in [3.05, 3.63) is 52.5 Å². The van der Waals surface area contributed by atoms with Crippen LogP contribution in [0.15, 0.2) is 46.9 Å². The zero-order valence-corrected chi connectivity index (χ0v) is 15.1. The highest BCUT2D eigenvalue weighted by Crippen LogP contribution is 2.22. The molecule has 5 nitrogen and oxygen atoms in total. The van der Waals surface area contributed by atoms with Crippen molar-refractivity contribution in [3.63, 3.8) is 0 Å². The number of amides is 2. The molecule has 2 aromatic carbocycles. The van der Waals surface area contributed by atoms with Crippen LogP contribution < -0.4 is 15.4 Å². The van der Waals surface area contributed by atoms with Gasteiger partial charge in [-0.3, -0.25) is 9.59 Å². The first-order chi connectivity index (χ1) is 11.5. The minimum atomic E-state index is -0.267. The van der Waals surface area contributed by atoms with Gasteiger partial charge in [-0.2, -0.15) is 0 Å². The largest absolute Gasteiger partial charge is 0.483 e. The molecule has 0 radical (unpaired) electrons. The van der Waals surface area contributed by atoms with Crippen LogP contribution in [0.2, 0.25) is 0 Å². The zero-order chi connectivity index (χ0) is 17.5. The summed E-state index contributed by atoms with van der Waals surface area (Å²) < 4.78 is 6.50. The Kier molecular flexibility index (Phi) is 6.37. The van der Waals surface area contributed by atoms with Crippen LogP contribution in [0.4, 0.5) is 11.4 Å². The van der Waals surface area contributed by atoms with Crippen molar-refractivity contribution in [2.75, 3.05) is 17.2 Å². The molecule has 0 unspecified atom stereocenters. The number of benzene rings is 2. The number of aryl methyl sites for hydroxylation is 1. The molecule has 0 bridgehead atoms. The number of rotatable bonds is 6. The second-order valence-corrected chi connectivity index (χ2v) is 6.14. The van der Waals surface area contributed by atoms with Gasteiger partial charge in [-0.1, -0.05) is 28.9 Å². The first kappa shape index (κ1) is 18.0. The van der Waals surface area contributed by atoms with E-state index in [4.69, 9.17) is 4.74 Å². The monoisotopic (exact) mass is 390 g/mol. The van der Waals surface area contributed by atoms with E-state index in [0.717, 1.165) is 10.0 Å². The minimum Gasteiger partial charge on any atom is -0.483 e. The van der Waals surface area contributed by atoms with Crippen molar-refractivity contribution in [1.82, 2.24) is 0 Å². The lowest BCUT2D eigenvalue weighted by Gasteiger charge is -2.11. The summed E-state index contributed by atoms with van der Waals surface area (Å²) >= 11 is 3.38. The molecule has 0 heterocycles. The third-order valence-corrected chi connectivity index (χ3v) is 3.74. The van der Waals surface area contributed by atoms with Gasteiger partial charge in [0.05, 0.1) is 0 Å². The fourth-order valence-electron chi connectivity index (χ4n) is 2.04. The third-order valence-electron chi connectivity index (χ3n) is 3.25. The summed E-state index contributed by atoms with van der Waals surface area (Å²) in [6.07, 6.45) is 0.400. The summed E-state index contributed by atoms with van der Waals surface area (Å²) in [5, 5.41) is 5.50. The Balaban J connectivity index is 1.92. The van der Waals surface area contributed by atoms with Crippen molar-refractivity contribution in [2.45, 2.75) is 20.3 Å². The maximum Gasteiger partial charge on any atom is 0.262 e. The van der Waals surface area contributed by atoms with E-state index < -0.39 is 0 Å². The molecular formula is C18H19BrN2O3. The molecule has 0 atom stereocenters. The van der Waals surface area contributed by atoms with Crippen LogP contribution >= 0.6 is 15.9 Å². The van der Waals surface area contributed by atoms with Crippen molar-refractivity contribution < 1.29 is 14.3 Å². The molecular weight excluding hydrogens is 372 g/mol. The van der Waals surface area contributed by atoms with E-state index in [9.17, 15) is 9.59 Å². The van der Waals surface area contributed by atoms with Crippen LogP contribution in [0.1, 0.15) is 18.9 Å². The molecule has 0 fully saturated rings. The Morgan fingerprint density at radius 3 is 2.33 bits per heavy atom. The van der Waals surface area contributed by atoms with Crippen molar-refractivity contribution >= 4 is 39.1 Å². The van der Waals surface area contributed by atoms with Gasteiger partial charge >= 0.3 is 0 Å². The molecule has 2 amide bonds. The van der Waals surface area contributed by atoms with Crippen LogP contribution in [-0.4, -0.2) is 18.4 Å². The van der Waals surface area contributed by atoms with Crippen LogP contribution in [0.25, 0.3) is 0 Å². The second kappa shape index (κ2) is 8.49. The Morgan fingerprint density at radius 1 is 1.04 bits per heavy atom. The predicted molar refractivity (Wildman–Crippen MR) is 98.4 cm³/mol. The number of halogens is 1. The summed E-state index contributed by atoms with van der Waals surface area (Å²) in [6.45, 7) is 3.61. The van der Waals surface area contributed by atoms with E-state index in [0.29, 0.717) is 23.5 Å². The summed E-state index contributed by atoms with van der Waals surface area (Å²) in [4.78, 5) is 23.4. The number of ether oxygens (including phenoxy) is 1. The molecule has 126 valence electrons. The van der Waals surface area contributed by atoms with E-state index >= 15 is 0 Å². The molecule has 0 spiro atoms. The minimum absolute atomic E-state index is 0.0764. The molecule has 2 rings (SSSR count). The highest BCUT2D eigenvalue weighted by molar-refractivity contribution is 9.10. The van der Waals surface area contributed by atoms with Gasteiger partial charge in [-0.15, -0.1) is 0 Å². The number of anilines is 2. The second-order valence-electron chi connectivity index (χ2n) is 5.23. The summed E-state index contributed by atoms with van der Waals surface area (Å²) in [7, 11) is 0. The number of hydrogen-bond donors (Lipinski definition) is 2. The van der Waals surface area contributed by atoms with Crippen molar-refractivity contribution in [3.8, 4) is 5.75 Å². The molecule has 0 aliphatic heterocycles. The zero-order valence-electron chi connectivity index (χ0n) is 13.6. The average molecular weight is 391 g/mol. The molecule has 24 heavy (non-hydrogen) atoms. The topological polar surface area (TPSA) is 67.4 Å². The van der Waals surface area contributed by atoms with Gasteiger partial charge in [0.15, 0.2) is 6.61 Å². The normalized spacial score (nSPS) is 10.1. The average Bonchev–Trinajstić information content (AvgIpc) is 2.54. The lowest BCUT2D eigenvalue weighted by Crippen LogP contribution is -2.20. The highest BCUT2D eigenvalue weighted by atomic mass is 79.9. The number of carbonyl (C=O) groups excluding carboxylic acids is 2. The van der Waals surface area contributed by atoms with Gasteiger partial charge in [0.25, 0.3) is 5.91 Å². The molecule has 0 saturated heterocycles. The maximum absolute atomic E-state index is 12.0. The first-order valence-corrected chi connectivity index (χ1v) is 8.36. The lowest BCUT2D eigenvalue weighted by atomic mass is 10.2. The fraction of sp³-hybridized carbons (Fsp3) is 0.222. The molecule has 0 aliphatic carbocycles.